The van der Waals surface area contributed by atoms with Gasteiger partial charge in [-0.1, -0.05) is 20.3 Å². The quantitative estimate of drug-likeness (QED) is 0.748. The Balaban J connectivity index is 1.75. The van der Waals surface area contributed by atoms with Gasteiger partial charge in [0.2, 0.25) is 11.8 Å². The summed E-state index contributed by atoms with van der Waals surface area (Å²) in [6.45, 7) is 7.40. The zero-order valence-corrected chi connectivity index (χ0v) is 13.4. The average molecular weight is 295 g/mol. The maximum atomic E-state index is 12.5. The van der Waals surface area contributed by atoms with E-state index < -0.39 is 0 Å². The van der Waals surface area contributed by atoms with E-state index >= 15 is 0 Å². The van der Waals surface area contributed by atoms with Crippen molar-refractivity contribution in [2.24, 2.45) is 11.8 Å². The predicted molar refractivity (Wildman–Crippen MR) is 82.8 cm³/mol. The van der Waals surface area contributed by atoms with Gasteiger partial charge in [0, 0.05) is 25.6 Å². The Labute approximate surface area is 127 Å². The van der Waals surface area contributed by atoms with Crippen LogP contribution in [0, 0.1) is 11.8 Å². The number of amides is 2. The first-order valence-electron chi connectivity index (χ1n) is 8.43. The molecule has 2 unspecified atom stereocenters. The highest BCUT2D eigenvalue weighted by molar-refractivity contribution is 5.83. The number of carbonyl (C=O) groups excluding carboxylic acids is 2. The average Bonchev–Trinajstić information content (AvgIpc) is 2.93. The van der Waals surface area contributed by atoms with Gasteiger partial charge in [-0.05, 0) is 38.1 Å². The molecule has 0 aromatic rings. The van der Waals surface area contributed by atoms with Gasteiger partial charge in [-0.25, -0.2) is 0 Å². The third kappa shape index (κ3) is 4.19. The van der Waals surface area contributed by atoms with Crippen LogP contribution in [-0.2, 0) is 9.59 Å². The molecule has 0 aromatic heterocycles. The molecule has 0 radical (unpaired) electrons. The van der Waals surface area contributed by atoms with Gasteiger partial charge in [-0.2, -0.15) is 0 Å². The fourth-order valence-corrected chi connectivity index (χ4v) is 3.26. The lowest BCUT2D eigenvalue weighted by atomic mass is 9.94. The van der Waals surface area contributed by atoms with Gasteiger partial charge >= 0.3 is 0 Å². The van der Waals surface area contributed by atoms with E-state index in [2.05, 4.69) is 24.5 Å². The first-order chi connectivity index (χ1) is 10.1. The minimum absolute atomic E-state index is 0.0140. The fraction of sp³-hybridized carbons (Fsp3) is 0.875. The first-order valence-corrected chi connectivity index (χ1v) is 8.43. The van der Waals surface area contributed by atoms with Crippen LogP contribution in [0.2, 0.25) is 0 Å². The number of nitrogens with zero attached hydrogens (tertiary/aromatic N) is 1. The predicted octanol–water partition coefficient (Wildman–Crippen LogP) is 1.14. The summed E-state index contributed by atoms with van der Waals surface area (Å²) in [5, 5.41) is 6.31. The van der Waals surface area contributed by atoms with E-state index in [9.17, 15) is 9.59 Å². The topological polar surface area (TPSA) is 61.4 Å². The molecule has 0 saturated carbocycles. The van der Waals surface area contributed by atoms with E-state index in [0.29, 0.717) is 5.92 Å². The Hall–Kier alpha value is -1.10. The minimum atomic E-state index is -0.0140. The van der Waals surface area contributed by atoms with Crippen molar-refractivity contribution in [1.82, 2.24) is 15.5 Å². The second-order valence-corrected chi connectivity index (χ2v) is 6.44. The standard InChI is InChI=1S/C16H29N3O2/c1-3-4-8-18-15(20)13-6-10-19(11-7-13)16(21)14-12(2)5-9-17-14/h12-14,17H,3-11H2,1-2H3,(H,18,20). The summed E-state index contributed by atoms with van der Waals surface area (Å²) in [7, 11) is 0. The van der Waals surface area contributed by atoms with Gasteiger partial charge in [0.05, 0.1) is 6.04 Å². The summed E-state index contributed by atoms with van der Waals surface area (Å²) in [4.78, 5) is 26.4. The van der Waals surface area contributed by atoms with Gasteiger partial charge in [-0.15, -0.1) is 0 Å². The molecule has 2 amide bonds. The Morgan fingerprint density at radius 2 is 1.95 bits per heavy atom. The minimum Gasteiger partial charge on any atom is -0.356 e. The summed E-state index contributed by atoms with van der Waals surface area (Å²) in [6.07, 6.45) is 4.80. The number of carbonyl (C=O) groups is 2. The number of likely N-dealkylation sites (tertiary alicyclic amines) is 1. The van der Waals surface area contributed by atoms with Crippen molar-refractivity contribution in [2.45, 2.75) is 52.0 Å². The van der Waals surface area contributed by atoms with Crippen LogP contribution in [-0.4, -0.2) is 48.9 Å². The SMILES string of the molecule is CCCCNC(=O)C1CCN(C(=O)C2NCCC2C)CC1. The molecular formula is C16H29N3O2. The van der Waals surface area contributed by atoms with Gasteiger partial charge in [0.15, 0.2) is 0 Å². The van der Waals surface area contributed by atoms with Crippen LogP contribution in [0.3, 0.4) is 0 Å². The van der Waals surface area contributed by atoms with Crippen LogP contribution in [0.1, 0.15) is 46.0 Å². The third-order valence-corrected chi connectivity index (χ3v) is 4.81. The van der Waals surface area contributed by atoms with E-state index in [0.717, 1.165) is 58.3 Å². The summed E-state index contributed by atoms with van der Waals surface area (Å²) in [5.74, 6) is 0.903. The van der Waals surface area contributed by atoms with Gasteiger partial charge < -0.3 is 15.5 Å². The second-order valence-electron chi connectivity index (χ2n) is 6.44. The smallest absolute Gasteiger partial charge is 0.239 e. The van der Waals surface area contributed by atoms with Crippen LogP contribution < -0.4 is 10.6 Å². The molecule has 2 N–H and O–H groups in total. The molecule has 21 heavy (non-hydrogen) atoms. The highest BCUT2D eigenvalue weighted by Crippen LogP contribution is 2.22. The number of hydrogen-bond acceptors (Lipinski definition) is 3. The Morgan fingerprint density at radius 3 is 2.52 bits per heavy atom. The Bertz CT molecular complexity index is 365. The number of unbranched alkanes of at least 4 members (excludes halogenated alkanes) is 1. The highest BCUT2D eigenvalue weighted by atomic mass is 16.2. The van der Waals surface area contributed by atoms with Crippen LogP contribution in [0.4, 0.5) is 0 Å². The van der Waals surface area contributed by atoms with Crippen molar-refractivity contribution in [3.63, 3.8) is 0 Å². The zero-order valence-electron chi connectivity index (χ0n) is 13.4. The molecule has 0 aromatic carbocycles. The van der Waals surface area contributed by atoms with Crippen molar-refractivity contribution in [2.75, 3.05) is 26.2 Å². The van der Waals surface area contributed by atoms with Crippen molar-refractivity contribution in [3.8, 4) is 0 Å². The lowest BCUT2D eigenvalue weighted by Gasteiger charge is -2.33. The summed E-state index contributed by atoms with van der Waals surface area (Å²) < 4.78 is 0. The largest absolute Gasteiger partial charge is 0.356 e. The van der Waals surface area contributed by atoms with Crippen molar-refractivity contribution in [1.29, 1.82) is 0 Å². The van der Waals surface area contributed by atoms with Crippen molar-refractivity contribution in [3.05, 3.63) is 0 Å². The summed E-state index contributed by atoms with van der Waals surface area (Å²) in [5.41, 5.74) is 0. The highest BCUT2D eigenvalue weighted by Gasteiger charge is 2.35. The van der Waals surface area contributed by atoms with E-state index in [1.54, 1.807) is 0 Å². The Morgan fingerprint density at radius 1 is 1.24 bits per heavy atom. The molecule has 5 nitrogen and oxygen atoms in total. The Kier molecular flexibility index (Phi) is 6.03. The molecule has 0 bridgehead atoms. The van der Waals surface area contributed by atoms with Gasteiger partial charge in [-0.3, -0.25) is 9.59 Å². The lowest BCUT2D eigenvalue weighted by molar-refractivity contribution is -0.137. The molecule has 2 aliphatic heterocycles. The summed E-state index contributed by atoms with van der Waals surface area (Å²) >= 11 is 0. The number of piperidine rings is 1. The lowest BCUT2D eigenvalue weighted by Crippen LogP contribution is -2.50. The number of rotatable bonds is 5. The zero-order chi connectivity index (χ0) is 15.2. The molecule has 2 fully saturated rings. The van der Waals surface area contributed by atoms with Crippen LogP contribution in [0.25, 0.3) is 0 Å². The molecule has 2 heterocycles. The van der Waals surface area contributed by atoms with E-state index in [1.165, 1.54) is 0 Å². The number of hydrogen-bond donors (Lipinski definition) is 2. The van der Waals surface area contributed by atoms with E-state index in [4.69, 9.17) is 0 Å². The van der Waals surface area contributed by atoms with E-state index in [1.807, 2.05) is 4.90 Å². The molecule has 120 valence electrons. The van der Waals surface area contributed by atoms with Gasteiger partial charge in [0.1, 0.15) is 0 Å². The monoisotopic (exact) mass is 295 g/mol. The van der Waals surface area contributed by atoms with Crippen LogP contribution in [0.5, 0.6) is 0 Å². The molecule has 2 atom stereocenters. The molecule has 0 aliphatic carbocycles. The van der Waals surface area contributed by atoms with Crippen molar-refractivity contribution < 1.29 is 9.59 Å². The molecule has 0 spiro atoms. The molecule has 2 rings (SSSR count). The van der Waals surface area contributed by atoms with Crippen LogP contribution in [0.15, 0.2) is 0 Å². The maximum absolute atomic E-state index is 12.5. The molecule has 5 heteroatoms. The molecule has 2 aliphatic rings. The molecule has 2 saturated heterocycles. The third-order valence-electron chi connectivity index (χ3n) is 4.81. The second kappa shape index (κ2) is 7.78. The maximum Gasteiger partial charge on any atom is 0.239 e. The normalized spacial score (nSPS) is 26.9. The number of nitrogens with one attached hydrogen (secondary N) is 2. The van der Waals surface area contributed by atoms with E-state index in [-0.39, 0.29) is 23.8 Å². The van der Waals surface area contributed by atoms with Crippen LogP contribution >= 0.6 is 0 Å². The first kappa shape index (κ1) is 16.3. The summed E-state index contributed by atoms with van der Waals surface area (Å²) in [6, 6.07) is -0.0140. The van der Waals surface area contributed by atoms with Crippen molar-refractivity contribution >= 4 is 11.8 Å². The fourth-order valence-electron chi connectivity index (χ4n) is 3.26. The molecular weight excluding hydrogens is 266 g/mol. The van der Waals surface area contributed by atoms with Gasteiger partial charge in [0.25, 0.3) is 0 Å².